The van der Waals surface area contributed by atoms with Crippen molar-refractivity contribution >= 4 is 22.5 Å². The molecule has 6 nitrogen and oxygen atoms in total. The summed E-state index contributed by atoms with van der Waals surface area (Å²) in [5.41, 5.74) is 2.96. The number of ether oxygens (including phenoxy) is 3. The maximum atomic E-state index is 12.7. The molecular weight excluding hydrogens is 320 g/mol. The van der Waals surface area contributed by atoms with Gasteiger partial charge in [-0.1, -0.05) is 0 Å². The van der Waals surface area contributed by atoms with Gasteiger partial charge in [0.05, 0.1) is 7.11 Å². The number of amides is 1. The van der Waals surface area contributed by atoms with Crippen molar-refractivity contribution < 1.29 is 19.0 Å². The van der Waals surface area contributed by atoms with Crippen molar-refractivity contribution in [3.05, 3.63) is 47.7 Å². The van der Waals surface area contributed by atoms with E-state index >= 15 is 0 Å². The normalized spacial score (nSPS) is 12.9. The summed E-state index contributed by atoms with van der Waals surface area (Å²) in [5, 5.41) is 3.87. The van der Waals surface area contributed by atoms with Gasteiger partial charge in [-0.2, -0.15) is 0 Å². The van der Waals surface area contributed by atoms with Gasteiger partial charge in [-0.15, -0.1) is 0 Å². The minimum atomic E-state index is -0.204. The fraction of sp³-hybridized carbons (Fsp3) is 0.211. The average Bonchev–Trinajstić information content (AvgIpc) is 2.98. The van der Waals surface area contributed by atoms with Crippen molar-refractivity contribution in [1.82, 2.24) is 4.98 Å². The SMILES string of the molecule is COc1ccc2[nH]c(C(=O)Nc3ccc4c(c3)OCCO4)c(C)c2c1. The van der Waals surface area contributed by atoms with Crippen LogP contribution in [0.4, 0.5) is 5.69 Å². The third-order valence-corrected chi connectivity index (χ3v) is 4.29. The number of carbonyl (C=O) groups is 1. The van der Waals surface area contributed by atoms with Crippen molar-refractivity contribution in [3.8, 4) is 17.2 Å². The molecule has 1 amide bonds. The molecule has 6 heteroatoms. The number of aromatic nitrogens is 1. The number of nitrogens with one attached hydrogen (secondary N) is 2. The third-order valence-electron chi connectivity index (χ3n) is 4.29. The summed E-state index contributed by atoms with van der Waals surface area (Å²) in [6, 6.07) is 11.1. The Morgan fingerprint density at radius 2 is 1.92 bits per heavy atom. The number of benzene rings is 2. The molecule has 0 fully saturated rings. The van der Waals surface area contributed by atoms with Gasteiger partial charge < -0.3 is 24.5 Å². The molecule has 4 rings (SSSR count). The Bertz CT molecular complexity index is 961. The van der Waals surface area contributed by atoms with Gasteiger partial charge in [0.2, 0.25) is 0 Å². The van der Waals surface area contributed by atoms with Crippen LogP contribution in [-0.4, -0.2) is 31.2 Å². The highest BCUT2D eigenvalue weighted by Gasteiger charge is 2.17. The number of hydrogen-bond donors (Lipinski definition) is 2. The number of H-pyrrole nitrogens is 1. The zero-order valence-electron chi connectivity index (χ0n) is 14.0. The smallest absolute Gasteiger partial charge is 0.272 e. The molecule has 25 heavy (non-hydrogen) atoms. The van der Waals surface area contributed by atoms with Gasteiger partial charge in [0.25, 0.3) is 5.91 Å². The van der Waals surface area contributed by atoms with Crippen LogP contribution in [0.1, 0.15) is 16.1 Å². The van der Waals surface area contributed by atoms with E-state index in [0.717, 1.165) is 22.2 Å². The first-order valence-electron chi connectivity index (χ1n) is 8.03. The Morgan fingerprint density at radius 1 is 1.12 bits per heavy atom. The molecule has 0 atom stereocenters. The largest absolute Gasteiger partial charge is 0.497 e. The topological polar surface area (TPSA) is 72.6 Å². The lowest BCUT2D eigenvalue weighted by molar-refractivity contribution is 0.102. The number of fused-ring (bicyclic) bond motifs is 2. The van der Waals surface area contributed by atoms with E-state index < -0.39 is 0 Å². The summed E-state index contributed by atoms with van der Waals surface area (Å²) >= 11 is 0. The minimum absolute atomic E-state index is 0.204. The fourth-order valence-corrected chi connectivity index (χ4v) is 2.97. The molecule has 0 spiro atoms. The molecule has 2 aromatic carbocycles. The average molecular weight is 338 g/mol. The number of carbonyl (C=O) groups excluding carboxylic acids is 1. The Labute approximate surface area is 144 Å². The molecule has 1 aliphatic heterocycles. The van der Waals surface area contributed by atoms with Crippen molar-refractivity contribution in [3.63, 3.8) is 0 Å². The second-order valence-corrected chi connectivity index (χ2v) is 5.85. The minimum Gasteiger partial charge on any atom is -0.497 e. The van der Waals surface area contributed by atoms with Crippen molar-refractivity contribution in [2.45, 2.75) is 6.92 Å². The first kappa shape index (κ1) is 15.4. The van der Waals surface area contributed by atoms with Gasteiger partial charge in [-0.25, -0.2) is 0 Å². The number of methoxy groups -OCH3 is 1. The molecule has 0 saturated carbocycles. The van der Waals surface area contributed by atoms with Gasteiger partial charge in [-0.05, 0) is 42.8 Å². The van der Waals surface area contributed by atoms with Gasteiger partial charge >= 0.3 is 0 Å². The monoisotopic (exact) mass is 338 g/mol. The van der Waals surface area contributed by atoms with E-state index in [9.17, 15) is 4.79 Å². The first-order chi connectivity index (χ1) is 12.2. The molecule has 3 aromatic rings. The predicted molar refractivity (Wildman–Crippen MR) is 95.0 cm³/mol. The molecule has 0 aliphatic carbocycles. The Hall–Kier alpha value is -3.15. The highest BCUT2D eigenvalue weighted by atomic mass is 16.6. The molecule has 0 bridgehead atoms. The van der Waals surface area contributed by atoms with E-state index in [1.165, 1.54) is 0 Å². The van der Waals surface area contributed by atoms with Crippen molar-refractivity contribution in [2.75, 3.05) is 25.6 Å². The van der Waals surface area contributed by atoms with E-state index in [0.29, 0.717) is 36.1 Å². The van der Waals surface area contributed by atoms with E-state index in [1.54, 1.807) is 25.3 Å². The lowest BCUT2D eigenvalue weighted by Crippen LogP contribution is -2.17. The van der Waals surface area contributed by atoms with Gasteiger partial charge in [0, 0.05) is 22.7 Å². The summed E-state index contributed by atoms with van der Waals surface area (Å²) in [7, 11) is 1.62. The molecule has 1 aliphatic rings. The zero-order chi connectivity index (χ0) is 17.4. The highest BCUT2D eigenvalue weighted by molar-refractivity contribution is 6.08. The number of rotatable bonds is 3. The molecule has 2 heterocycles. The molecular formula is C19H18N2O4. The van der Waals surface area contributed by atoms with Gasteiger partial charge in [-0.3, -0.25) is 4.79 Å². The second-order valence-electron chi connectivity index (χ2n) is 5.85. The van der Waals surface area contributed by atoms with Crippen LogP contribution in [0.2, 0.25) is 0 Å². The fourth-order valence-electron chi connectivity index (χ4n) is 2.97. The van der Waals surface area contributed by atoms with Crippen LogP contribution in [0.3, 0.4) is 0 Å². The Balaban J connectivity index is 1.63. The van der Waals surface area contributed by atoms with Crippen molar-refractivity contribution in [2.24, 2.45) is 0 Å². The standard InChI is InChI=1S/C19H18N2O4/c1-11-14-10-13(23-2)4-5-15(14)21-18(11)19(22)20-12-3-6-16-17(9-12)25-8-7-24-16/h3-6,9-10,21H,7-8H2,1-2H3,(H,20,22). The highest BCUT2D eigenvalue weighted by Crippen LogP contribution is 2.33. The van der Waals surface area contributed by atoms with Crippen LogP contribution in [0.25, 0.3) is 10.9 Å². The molecule has 0 radical (unpaired) electrons. The van der Waals surface area contributed by atoms with Crippen LogP contribution in [-0.2, 0) is 0 Å². The quantitative estimate of drug-likeness (QED) is 0.766. The summed E-state index contributed by atoms with van der Waals surface area (Å²) in [6.45, 7) is 2.96. The third kappa shape index (κ3) is 2.76. The van der Waals surface area contributed by atoms with Gasteiger partial charge in [0.1, 0.15) is 24.7 Å². The maximum absolute atomic E-state index is 12.7. The second kappa shape index (κ2) is 6.05. The van der Waals surface area contributed by atoms with E-state index in [4.69, 9.17) is 14.2 Å². The van der Waals surface area contributed by atoms with Crippen LogP contribution in [0, 0.1) is 6.92 Å². The predicted octanol–water partition coefficient (Wildman–Crippen LogP) is 3.51. The summed E-state index contributed by atoms with van der Waals surface area (Å²) in [5.74, 6) is 1.89. The number of aromatic amines is 1. The van der Waals surface area contributed by atoms with Crippen LogP contribution >= 0.6 is 0 Å². The van der Waals surface area contributed by atoms with Crippen LogP contribution in [0.5, 0.6) is 17.2 Å². The Morgan fingerprint density at radius 3 is 2.72 bits per heavy atom. The number of aryl methyl sites for hydroxylation is 1. The summed E-state index contributed by atoms with van der Waals surface area (Å²) < 4.78 is 16.3. The van der Waals surface area contributed by atoms with Crippen LogP contribution in [0.15, 0.2) is 36.4 Å². The molecule has 1 aromatic heterocycles. The lowest BCUT2D eigenvalue weighted by atomic mass is 10.1. The van der Waals surface area contributed by atoms with Crippen molar-refractivity contribution in [1.29, 1.82) is 0 Å². The zero-order valence-corrected chi connectivity index (χ0v) is 14.0. The summed E-state index contributed by atoms with van der Waals surface area (Å²) in [4.78, 5) is 15.9. The molecule has 0 saturated heterocycles. The molecule has 128 valence electrons. The summed E-state index contributed by atoms with van der Waals surface area (Å²) in [6.07, 6.45) is 0. The van der Waals surface area contributed by atoms with E-state index in [2.05, 4.69) is 10.3 Å². The maximum Gasteiger partial charge on any atom is 0.272 e. The number of anilines is 1. The van der Waals surface area contributed by atoms with Gasteiger partial charge in [0.15, 0.2) is 11.5 Å². The molecule has 2 N–H and O–H groups in total. The lowest BCUT2D eigenvalue weighted by Gasteiger charge is -2.19. The first-order valence-corrected chi connectivity index (χ1v) is 8.03. The molecule has 0 unspecified atom stereocenters. The Kier molecular flexibility index (Phi) is 3.72. The van der Waals surface area contributed by atoms with E-state index in [-0.39, 0.29) is 5.91 Å². The number of hydrogen-bond acceptors (Lipinski definition) is 4. The van der Waals surface area contributed by atoms with Crippen LogP contribution < -0.4 is 19.5 Å². The van der Waals surface area contributed by atoms with E-state index in [1.807, 2.05) is 25.1 Å².